The van der Waals surface area contributed by atoms with Gasteiger partial charge in [0, 0.05) is 30.4 Å². The molecule has 1 saturated heterocycles. The lowest BCUT2D eigenvalue weighted by Crippen LogP contribution is -2.60. The number of likely N-dealkylation sites (N-methyl/N-ethyl adjacent to an activating group) is 1. The topological polar surface area (TPSA) is 61.6 Å². The van der Waals surface area contributed by atoms with E-state index < -0.39 is 0 Å². The molecule has 0 atom stereocenters. The number of amides is 2. The molecule has 2 aromatic rings. The minimum atomic E-state index is -0.0705. The van der Waals surface area contributed by atoms with Gasteiger partial charge in [0.1, 0.15) is 6.26 Å². The smallest absolute Gasteiger partial charge is 0.321 e. The van der Waals surface area contributed by atoms with Gasteiger partial charge in [0.15, 0.2) is 0 Å². The van der Waals surface area contributed by atoms with Gasteiger partial charge in [0.05, 0.1) is 5.69 Å². The van der Waals surface area contributed by atoms with Crippen LogP contribution in [0.5, 0.6) is 0 Å². The van der Waals surface area contributed by atoms with Crippen molar-refractivity contribution in [1.82, 2.24) is 14.8 Å². The van der Waals surface area contributed by atoms with Crippen molar-refractivity contribution in [3.63, 3.8) is 0 Å². The lowest BCUT2D eigenvalue weighted by molar-refractivity contribution is 0.0942. The average molecular weight is 300 g/mol. The van der Waals surface area contributed by atoms with Crippen LogP contribution in [0.15, 0.2) is 34.9 Å². The number of likely N-dealkylation sites (tertiary alicyclic amines) is 1. The van der Waals surface area contributed by atoms with Crippen LogP contribution < -0.4 is 5.32 Å². The highest BCUT2D eigenvalue weighted by Crippen LogP contribution is 2.23. The van der Waals surface area contributed by atoms with Crippen LogP contribution >= 0.6 is 0 Å². The van der Waals surface area contributed by atoms with E-state index in [1.54, 1.807) is 11.2 Å². The van der Waals surface area contributed by atoms with Crippen LogP contribution in [0.2, 0.25) is 0 Å². The summed E-state index contributed by atoms with van der Waals surface area (Å²) in [6.07, 6.45) is 1.61. The van der Waals surface area contributed by atoms with Crippen molar-refractivity contribution in [2.45, 2.75) is 13.0 Å². The summed E-state index contributed by atoms with van der Waals surface area (Å²) >= 11 is 0. The highest BCUT2D eigenvalue weighted by Gasteiger charge is 2.31. The maximum atomic E-state index is 12.2. The number of carbonyl (C=O) groups is 1. The van der Waals surface area contributed by atoms with Gasteiger partial charge < -0.3 is 19.5 Å². The first-order valence-corrected chi connectivity index (χ1v) is 7.28. The van der Waals surface area contributed by atoms with Crippen molar-refractivity contribution in [2.75, 3.05) is 32.5 Å². The van der Waals surface area contributed by atoms with E-state index in [0.29, 0.717) is 11.9 Å². The van der Waals surface area contributed by atoms with Gasteiger partial charge >= 0.3 is 6.03 Å². The highest BCUT2D eigenvalue weighted by atomic mass is 16.3. The SMILES string of the molecule is Cc1coc(-c2cccc(NC(=O)N3CC(N(C)C)C3)c2)n1. The molecule has 0 radical (unpaired) electrons. The number of aromatic nitrogens is 1. The zero-order valence-electron chi connectivity index (χ0n) is 13.0. The largest absolute Gasteiger partial charge is 0.444 e. The molecule has 1 aromatic heterocycles. The van der Waals surface area contributed by atoms with Gasteiger partial charge in [-0.15, -0.1) is 0 Å². The van der Waals surface area contributed by atoms with Crippen LogP contribution in [0.1, 0.15) is 5.69 Å². The third-order valence-electron chi connectivity index (χ3n) is 3.86. The van der Waals surface area contributed by atoms with E-state index >= 15 is 0 Å². The molecule has 1 N–H and O–H groups in total. The molecule has 1 fully saturated rings. The second-order valence-corrected chi connectivity index (χ2v) is 5.83. The number of benzene rings is 1. The Labute approximate surface area is 129 Å². The quantitative estimate of drug-likeness (QED) is 0.945. The summed E-state index contributed by atoms with van der Waals surface area (Å²) in [4.78, 5) is 20.4. The lowest BCUT2D eigenvalue weighted by atomic mass is 10.1. The van der Waals surface area contributed by atoms with Crippen LogP contribution in [-0.4, -0.2) is 54.0 Å². The molecule has 3 rings (SSSR count). The van der Waals surface area contributed by atoms with E-state index in [1.807, 2.05) is 45.3 Å². The number of aryl methyl sites for hydroxylation is 1. The van der Waals surface area contributed by atoms with E-state index in [-0.39, 0.29) is 6.03 Å². The number of hydrogen-bond acceptors (Lipinski definition) is 4. The van der Waals surface area contributed by atoms with Crippen molar-refractivity contribution in [2.24, 2.45) is 0 Å². The minimum Gasteiger partial charge on any atom is -0.444 e. The summed E-state index contributed by atoms with van der Waals surface area (Å²) in [5.41, 5.74) is 2.42. The first-order valence-electron chi connectivity index (χ1n) is 7.28. The Morgan fingerprint density at radius 1 is 1.41 bits per heavy atom. The Bertz CT molecular complexity index is 674. The molecule has 1 aliphatic heterocycles. The maximum Gasteiger partial charge on any atom is 0.321 e. The first kappa shape index (κ1) is 14.6. The predicted molar refractivity (Wildman–Crippen MR) is 84.7 cm³/mol. The second kappa shape index (κ2) is 5.81. The zero-order valence-corrected chi connectivity index (χ0v) is 13.0. The maximum absolute atomic E-state index is 12.2. The highest BCUT2D eigenvalue weighted by molar-refractivity contribution is 5.90. The fraction of sp³-hybridized carbons (Fsp3) is 0.375. The van der Waals surface area contributed by atoms with E-state index in [2.05, 4.69) is 15.2 Å². The Morgan fingerprint density at radius 2 is 2.18 bits per heavy atom. The molecule has 22 heavy (non-hydrogen) atoms. The Balaban J connectivity index is 1.65. The number of urea groups is 1. The van der Waals surface area contributed by atoms with E-state index in [1.165, 1.54) is 0 Å². The number of hydrogen-bond donors (Lipinski definition) is 1. The van der Waals surface area contributed by atoms with Crippen molar-refractivity contribution in [3.05, 3.63) is 36.2 Å². The normalized spacial score (nSPS) is 15.0. The minimum absolute atomic E-state index is 0.0705. The monoisotopic (exact) mass is 300 g/mol. The Kier molecular flexibility index (Phi) is 3.85. The summed E-state index contributed by atoms with van der Waals surface area (Å²) in [5.74, 6) is 0.560. The van der Waals surface area contributed by atoms with Gasteiger partial charge in [-0.1, -0.05) is 6.07 Å². The molecule has 0 saturated carbocycles. The summed E-state index contributed by atoms with van der Waals surface area (Å²) in [7, 11) is 4.06. The molecule has 0 bridgehead atoms. The van der Waals surface area contributed by atoms with E-state index in [4.69, 9.17) is 4.42 Å². The van der Waals surface area contributed by atoms with Crippen LogP contribution in [0.4, 0.5) is 10.5 Å². The van der Waals surface area contributed by atoms with Gasteiger partial charge in [-0.2, -0.15) is 0 Å². The molecular formula is C16H20N4O2. The van der Waals surface area contributed by atoms with Crippen LogP contribution in [-0.2, 0) is 0 Å². The van der Waals surface area contributed by atoms with Gasteiger partial charge in [-0.25, -0.2) is 9.78 Å². The van der Waals surface area contributed by atoms with Crippen LogP contribution in [0.25, 0.3) is 11.5 Å². The summed E-state index contributed by atoms with van der Waals surface area (Å²) in [6, 6.07) is 7.90. The molecule has 116 valence electrons. The van der Waals surface area contributed by atoms with Crippen molar-refractivity contribution in [1.29, 1.82) is 0 Å². The molecule has 1 aromatic carbocycles. The van der Waals surface area contributed by atoms with Gasteiger partial charge in [-0.3, -0.25) is 0 Å². The number of carbonyl (C=O) groups excluding carboxylic acids is 1. The Hall–Kier alpha value is -2.34. The summed E-state index contributed by atoms with van der Waals surface area (Å²) in [6.45, 7) is 3.40. The summed E-state index contributed by atoms with van der Waals surface area (Å²) in [5, 5.41) is 2.92. The fourth-order valence-corrected chi connectivity index (χ4v) is 2.37. The molecule has 2 heterocycles. The van der Waals surface area contributed by atoms with Crippen LogP contribution in [0.3, 0.4) is 0 Å². The molecule has 0 spiro atoms. The predicted octanol–water partition coefficient (Wildman–Crippen LogP) is 2.43. The average Bonchev–Trinajstić information content (AvgIpc) is 2.83. The van der Waals surface area contributed by atoms with Gasteiger partial charge in [0.25, 0.3) is 0 Å². The van der Waals surface area contributed by atoms with Gasteiger partial charge in [0.2, 0.25) is 5.89 Å². The van der Waals surface area contributed by atoms with Gasteiger partial charge in [-0.05, 0) is 39.2 Å². The standard InChI is InChI=1S/C16H20N4O2/c1-11-10-22-15(17-11)12-5-4-6-13(7-12)18-16(21)20-8-14(9-20)19(2)3/h4-7,10,14H,8-9H2,1-3H3,(H,18,21). The third-order valence-corrected chi connectivity index (χ3v) is 3.86. The number of nitrogens with one attached hydrogen (secondary N) is 1. The molecule has 6 heteroatoms. The number of anilines is 1. The van der Waals surface area contributed by atoms with E-state index in [9.17, 15) is 4.79 Å². The van der Waals surface area contributed by atoms with Crippen molar-refractivity contribution >= 4 is 11.7 Å². The first-order chi connectivity index (χ1) is 10.5. The molecule has 2 amide bonds. The second-order valence-electron chi connectivity index (χ2n) is 5.83. The molecule has 6 nitrogen and oxygen atoms in total. The fourth-order valence-electron chi connectivity index (χ4n) is 2.37. The number of rotatable bonds is 3. The molecule has 0 aliphatic carbocycles. The van der Waals surface area contributed by atoms with Crippen molar-refractivity contribution < 1.29 is 9.21 Å². The lowest BCUT2D eigenvalue weighted by Gasteiger charge is -2.42. The number of oxazole rings is 1. The molecule has 1 aliphatic rings. The number of nitrogens with zero attached hydrogens (tertiary/aromatic N) is 3. The molecule has 0 unspecified atom stereocenters. The van der Waals surface area contributed by atoms with Crippen LogP contribution in [0, 0.1) is 6.92 Å². The third kappa shape index (κ3) is 2.96. The zero-order chi connectivity index (χ0) is 15.7. The summed E-state index contributed by atoms with van der Waals surface area (Å²) < 4.78 is 5.39. The Morgan fingerprint density at radius 3 is 2.82 bits per heavy atom. The van der Waals surface area contributed by atoms with Crippen molar-refractivity contribution in [3.8, 4) is 11.5 Å². The van der Waals surface area contributed by atoms with E-state index in [0.717, 1.165) is 30.0 Å². The molecular weight excluding hydrogens is 280 g/mol.